The van der Waals surface area contributed by atoms with Gasteiger partial charge in [-0.1, -0.05) is 6.92 Å². The average Bonchev–Trinajstić information content (AvgIpc) is 2.46. The number of amides is 2. The lowest BCUT2D eigenvalue weighted by atomic mass is 10.1. The zero-order valence-electron chi connectivity index (χ0n) is 9.19. The summed E-state index contributed by atoms with van der Waals surface area (Å²) in [6.45, 7) is 2.08. The third-order valence-electron chi connectivity index (χ3n) is 2.79. The molecule has 15 heavy (non-hydrogen) atoms. The van der Waals surface area contributed by atoms with Crippen LogP contribution in [0.4, 0.5) is 0 Å². The fourth-order valence-electron chi connectivity index (χ4n) is 1.73. The Balaban J connectivity index is 2.51. The minimum absolute atomic E-state index is 0.0935. The Morgan fingerprint density at radius 2 is 2.27 bits per heavy atom. The van der Waals surface area contributed by atoms with Crippen LogP contribution in [0.15, 0.2) is 0 Å². The van der Waals surface area contributed by atoms with Gasteiger partial charge in [0.05, 0.1) is 12.5 Å². The van der Waals surface area contributed by atoms with Gasteiger partial charge < -0.3 is 10.4 Å². The highest BCUT2D eigenvalue weighted by atomic mass is 16.3. The molecule has 1 fully saturated rings. The summed E-state index contributed by atoms with van der Waals surface area (Å²) in [5, 5.41) is 11.9. The molecule has 2 unspecified atom stereocenters. The smallest absolute Gasteiger partial charge is 0.246 e. The summed E-state index contributed by atoms with van der Waals surface area (Å²) < 4.78 is 0. The number of aliphatic hydroxyl groups is 1. The summed E-state index contributed by atoms with van der Waals surface area (Å²) in [7, 11) is 1.50. The lowest BCUT2D eigenvalue weighted by Gasteiger charge is -2.19. The Morgan fingerprint density at radius 1 is 1.60 bits per heavy atom. The van der Waals surface area contributed by atoms with Gasteiger partial charge >= 0.3 is 0 Å². The molecule has 1 aliphatic rings. The van der Waals surface area contributed by atoms with Gasteiger partial charge in [-0.2, -0.15) is 0 Å². The zero-order valence-corrected chi connectivity index (χ0v) is 9.19. The van der Waals surface area contributed by atoms with E-state index in [1.165, 1.54) is 7.05 Å². The molecule has 1 aliphatic heterocycles. The van der Waals surface area contributed by atoms with E-state index >= 15 is 0 Å². The fraction of sp³-hybridized carbons (Fsp3) is 0.800. The molecule has 5 heteroatoms. The average molecular weight is 214 g/mol. The van der Waals surface area contributed by atoms with Crippen LogP contribution in [0, 0.1) is 0 Å². The van der Waals surface area contributed by atoms with E-state index in [-0.39, 0.29) is 30.9 Å². The maximum Gasteiger partial charge on any atom is 0.246 e. The van der Waals surface area contributed by atoms with Crippen molar-refractivity contribution in [2.24, 2.45) is 0 Å². The summed E-state index contributed by atoms with van der Waals surface area (Å²) in [5.74, 6) is -0.312. The molecule has 1 saturated heterocycles. The van der Waals surface area contributed by atoms with Gasteiger partial charge in [-0.15, -0.1) is 0 Å². The van der Waals surface area contributed by atoms with Gasteiger partial charge in [-0.3, -0.25) is 14.5 Å². The number of imide groups is 1. The number of carbonyl (C=O) groups excluding carboxylic acids is 2. The number of aliphatic hydroxyl groups excluding tert-OH is 1. The van der Waals surface area contributed by atoms with Crippen LogP contribution in [0.5, 0.6) is 0 Å². The van der Waals surface area contributed by atoms with Crippen molar-refractivity contribution >= 4 is 11.8 Å². The lowest BCUT2D eigenvalue weighted by molar-refractivity contribution is -0.137. The highest BCUT2D eigenvalue weighted by molar-refractivity contribution is 6.05. The largest absolute Gasteiger partial charge is 0.396 e. The van der Waals surface area contributed by atoms with Crippen LogP contribution in [0.2, 0.25) is 0 Å². The standard InChI is InChI=1S/C10H18N2O3/c1-3-7(4-5-13)11-8-6-9(14)12(2)10(8)15/h7-8,11,13H,3-6H2,1-2H3. The second kappa shape index (κ2) is 5.23. The summed E-state index contributed by atoms with van der Waals surface area (Å²) in [6.07, 6.45) is 1.68. The molecule has 0 radical (unpaired) electrons. The molecule has 0 spiro atoms. The number of carbonyl (C=O) groups is 2. The first-order valence-electron chi connectivity index (χ1n) is 5.27. The third-order valence-corrected chi connectivity index (χ3v) is 2.79. The SMILES string of the molecule is CCC(CCO)NC1CC(=O)N(C)C1=O. The number of likely N-dealkylation sites (N-methyl/N-ethyl adjacent to an activating group) is 1. The van der Waals surface area contributed by atoms with Gasteiger partial charge in [0, 0.05) is 19.7 Å². The fourth-order valence-corrected chi connectivity index (χ4v) is 1.73. The maximum absolute atomic E-state index is 11.6. The summed E-state index contributed by atoms with van der Waals surface area (Å²) in [4.78, 5) is 23.9. The predicted octanol–water partition coefficient (Wildman–Crippen LogP) is -0.506. The van der Waals surface area contributed by atoms with Crippen LogP contribution < -0.4 is 5.32 Å². The Morgan fingerprint density at radius 3 is 2.67 bits per heavy atom. The second-order valence-corrected chi connectivity index (χ2v) is 3.83. The molecule has 1 rings (SSSR count). The van der Waals surface area contributed by atoms with E-state index in [2.05, 4.69) is 5.32 Å². The molecule has 5 nitrogen and oxygen atoms in total. The Hall–Kier alpha value is -0.940. The van der Waals surface area contributed by atoms with E-state index in [0.717, 1.165) is 11.3 Å². The normalized spacial score (nSPS) is 23.7. The van der Waals surface area contributed by atoms with Crippen molar-refractivity contribution in [3.8, 4) is 0 Å². The minimum atomic E-state index is -0.404. The first-order valence-corrected chi connectivity index (χ1v) is 5.27. The van der Waals surface area contributed by atoms with Gasteiger partial charge in [0.2, 0.25) is 11.8 Å². The number of likely N-dealkylation sites (tertiary alicyclic amines) is 1. The van der Waals surface area contributed by atoms with E-state index in [9.17, 15) is 9.59 Å². The summed E-state index contributed by atoms with van der Waals surface area (Å²) in [5.41, 5.74) is 0. The molecular weight excluding hydrogens is 196 g/mol. The van der Waals surface area contributed by atoms with E-state index < -0.39 is 6.04 Å². The van der Waals surface area contributed by atoms with Gasteiger partial charge in [0.15, 0.2) is 0 Å². The van der Waals surface area contributed by atoms with Crippen LogP contribution in [0.25, 0.3) is 0 Å². The van der Waals surface area contributed by atoms with Crippen molar-refractivity contribution in [3.63, 3.8) is 0 Å². The van der Waals surface area contributed by atoms with Gasteiger partial charge in [0.25, 0.3) is 0 Å². The second-order valence-electron chi connectivity index (χ2n) is 3.83. The maximum atomic E-state index is 11.6. The molecule has 2 atom stereocenters. The van der Waals surface area contributed by atoms with Crippen molar-refractivity contribution in [2.75, 3.05) is 13.7 Å². The first kappa shape index (κ1) is 12.1. The molecule has 0 aromatic rings. The monoisotopic (exact) mass is 214 g/mol. The van der Waals surface area contributed by atoms with Crippen molar-refractivity contribution in [1.29, 1.82) is 0 Å². The number of rotatable bonds is 5. The Labute approximate surface area is 89.4 Å². The third kappa shape index (κ3) is 2.76. The topological polar surface area (TPSA) is 69.6 Å². The van der Waals surface area contributed by atoms with Crippen LogP contribution in [-0.2, 0) is 9.59 Å². The predicted molar refractivity (Wildman–Crippen MR) is 55.1 cm³/mol. The van der Waals surface area contributed by atoms with Gasteiger partial charge in [0.1, 0.15) is 0 Å². The molecular formula is C10H18N2O3. The molecule has 0 saturated carbocycles. The molecule has 0 aromatic carbocycles. The molecule has 1 heterocycles. The van der Waals surface area contributed by atoms with E-state index in [1.54, 1.807) is 0 Å². The van der Waals surface area contributed by atoms with Crippen molar-refractivity contribution in [3.05, 3.63) is 0 Å². The molecule has 2 amide bonds. The Kier molecular flexibility index (Phi) is 4.23. The Bertz CT molecular complexity index is 255. The van der Waals surface area contributed by atoms with Crippen molar-refractivity contribution < 1.29 is 14.7 Å². The highest BCUT2D eigenvalue weighted by Crippen LogP contribution is 2.12. The molecule has 2 N–H and O–H groups in total. The molecule has 86 valence electrons. The summed E-state index contributed by atoms with van der Waals surface area (Å²) in [6, 6.07) is -0.303. The number of nitrogens with zero attached hydrogens (tertiary/aromatic N) is 1. The van der Waals surface area contributed by atoms with Crippen LogP contribution in [0.1, 0.15) is 26.2 Å². The number of hydrogen-bond donors (Lipinski definition) is 2. The van der Waals surface area contributed by atoms with Gasteiger partial charge in [-0.25, -0.2) is 0 Å². The van der Waals surface area contributed by atoms with Crippen LogP contribution >= 0.6 is 0 Å². The zero-order chi connectivity index (χ0) is 11.4. The van der Waals surface area contributed by atoms with E-state index in [4.69, 9.17) is 5.11 Å². The summed E-state index contributed by atoms with van der Waals surface area (Å²) >= 11 is 0. The minimum Gasteiger partial charge on any atom is -0.396 e. The van der Waals surface area contributed by atoms with Crippen LogP contribution in [-0.4, -0.2) is 47.6 Å². The van der Waals surface area contributed by atoms with E-state index in [1.807, 2.05) is 6.92 Å². The number of hydrogen-bond acceptors (Lipinski definition) is 4. The number of nitrogens with one attached hydrogen (secondary N) is 1. The van der Waals surface area contributed by atoms with E-state index in [0.29, 0.717) is 6.42 Å². The molecule has 0 bridgehead atoms. The lowest BCUT2D eigenvalue weighted by Crippen LogP contribution is -2.43. The quantitative estimate of drug-likeness (QED) is 0.605. The van der Waals surface area contributed by atoms with Crippen molar-refractivity contribution in [2.45, 2.75) is 38.3 Å². The van der Waals surface area contributed by atoms with Crippen molar-refractivity contribution in [1.82, 2.24) is 10.2 Å². The highest BCUT2D eigenvalue weighted by Gasteiger charge is 2.36. The molecule has 0 aliphatic carbocycles. The first-order chi connectivity index (χ1) is 7.10. The molecule has 0 aromatic heterocycles. The van der Waals surface area contributed by atoms with Gasteiger partial charge in [-0.05, 0) is 12.8 Å². The van der Waals surface area contributed by atoms with Crippen LogP contribution in [0.3, 0.4) is 0 Å².